The summed E-state index contributed by atoms with van der Waals surface area (Å²) in [7, 11) is 1.66. The summed E-state index contributed by atoms with van der Waals surface area (Å²) >= 11 is 0. The quantitative estimate of drug-likeness (QED) is 0.835. The van der Waals surface area contributed by atoms with Gasteiger partial charge in [-0.05, 0) is 33.0 Å². The summed E-state index contributed by atoms with van der Waals surface area (Å²) in [5.41, 5.74) is 0.829. The van der Waals surface area contributed by atoms with Crippen LogP contribution in [0.1, 0.15) is 18.1 Å². The first kappa shape index (κ1) is 13.1. The Morgan fingerprint density at radius 1 is 1.53 bits per heavy atom. The average molecular weight is 235 g/mol. The highest BCUT2D eigenvalue weighted by molar-refractivity contribution is 5.95. The lowest BCUT2D eigenvalue weighted by Crippen LogP contribution is -2.35. The van der Waals surface area contributed by atoms with Gasteiger partial charge in [-0.3, -0.25) is 4.79 Å². The van der Waals surface area contributed by atoms with Crippen molar-refractivity contribution in [1.29, 1.82) is 5.26 Å². The summed E-state index contributed by atoms with van der Waals surface area (Å²) in [5, 5.41) is 14.1. The second-order valence-corrected chi connectivity index (χ2v) is 3.74. The minimum Gasteiger partial charge on any atom is -0.324 e. The minimum absolute atomic E-state index is 0.181. The van der Waals surface area contributed by atoms with Crippen molar-refractivity contribution in [3.63, 3.8) is 0 Å². The predicted octanol–water partition coefficient (Wildman–Crippen LogP) is 1.55. The van der Waals surface area contributed by atoms with Crippen LogP contribution >= 0.6 is 0 Å². The van der Waals surface area contributed by atoms with Gasteiger partial charge in [-0.1, -0.05) is 0 Å². The van der Waals surface area contributed by atoms with E-state index in [1.54, 1.807) is 20.9 Å². The molecule has 0 aromatic heterocycles. The Kier molecular flexibility index (Phi) is 4.18. The van der Waals surface area contributed by atoms with E-state index in [-0.39, 0.29) is 17.5 Å². The molecule has 0 heterocycles. The minimum atomic E-state index is -0.503. The Morgan fingerprint density at radius 3 is 2.71 bits per heavy atom. The molecule has 0 spiro atoms. The Balaban J connectivity index is 3.03. The summed E-state index contributed by atoms with van der Waals surface area (Å²) in [6, 6.07) is 4.06. The number of nitriles is 1. The third kappa shape index (κ3) is 3.02. The first-order chi connectivity index (χ1) is 7.99. The summed E-state index contributed by atoms with van der Waals surface area (Å²) < 4.78 is 13.4. The number of hydrogen-bond donors (Lipinski definition) is 2. The van der Waals surface area contributed by atoms with E-state index in [2.05, 4.69) is 10.6 Å². The number of carbonyl (C=O) groups excluding carboxylic acids is 1. The molecule has 1 aromatic carbocycles. The number of hydrogen-bond acceptors (Lipinski definition) is 3. The molecule has 1 atom stereocenters. The van der Waals surface area contributed by atoms with Gasteiger partial charge in [0.05, 0.1) is 17.7 Å². The molecule has 0 aliphatic heterocycles. The van der Waals surface area contributed by atoms with Gasteiger partial charge in [0.2, 0.25) is 5.91 Å². The number of nitrogens with zero attached hydrogens (tertiary/aromatic N) is 1. The predicted molar refractivity (Wildman–Crippen MR) is 63.0 cm³/mol. The standard InChI is InChI=1S/C12H14FN3O/c1-7-10(13)4-9(6-14)5-11(7)16-12(17)8(2)15-3/h4-5,8,15H,1-3H3,(H,16,17). The molecule has 1 rings (SSSR count). The first-order valence-corrected chi connectivity index (χ1v) is 5.18. The van der Waals surface area contributed by atoms with Crippen LogP contribution in [-0.2, 0) is 4.79 Å². The second-order valence-electron chi connectivity index (χ2n) is 3.74. The first-order valence-electron chi connectivity index (χ1n) is 5.18. The van der Waals surface area contributed by atoms with Crippen molar-refractivity contribution in [3.05, 3.63) is 29.1 Å². The summed E-state index contributed by atoms with van der Waals surface area (Å²) in [6.07, 6.45) is 0. The topological polar surface area (TPSA) is 64.9 Å². The number of rotatable bonds is 3. The molecule has 0 aliphatic carbocycles. The normalized spacial score (nSPS) is 11.7. The zero-order chi connectivity index (χ0) is 13.0. The SMILES string of the molecule is CNC(C)C(=O)Nc1cc(C#N)cc(F)c1C. The average Bonchev–Trinajstić information content (AvgIpc) is 2.33. The number of amides is 1. The zero-order valence-corrected chi connectivity index (χ0v) is 9.97. The molecule has 0 radical (unpaired) electrons. The highest BCUT2D eigenvalue weighted by Crippen LogP contribution is 2.20. The number of nitrogens with one attached hydrogen (secondary N) is 2. The van der Waals surface area contributed by atoms with Gasteiger partial charge in [0.1, 0.15) is 5.82 Å². The molecule has 4 nitrogen and oxygen atoms in total. The Hall–Kier alpha value is -1.93. The summed E-state index contributed by atoms with van der Waals surface area (Å²) in [4.78, 5) is 11.6. The molecule has 0 saturated carbocycles. The van der Waals surface area contributed by atoms with Gasteiger partial charge in [-0.15, -0.1) is 0 Å². The van der Waals surface area contributed by atoms with E-state index >= 15 is 0 Å². The maximum Gasteiger partial charge on any atom is 0.241 e. The fourth-order valence-corrected chi connectivity index (χ4v) is 1.25. The fraction of sp³-hybridized carbons (Fsp3) is 0.333. The van der Waals surface area contributed by atoms with E-state index in [9.17, 15) is 9.18 Å². The number of carbonyl (C=O) groups is 1. The lowest BCUT2D eigenvalue weighted by atomic mass is 10.1. The van der Waals surface area contributed by atoms with Crippen molar-refractivity contribution in [2.45, 2.75) is 19.9 Å². The molecule has 0 aliphatic rings. The highest BCUT2D eigenvalue weighted by Gasteiger charge is 2.13. The van der Waals surface area contributed by atoms with Gasteiger partial charge in [-0.2, -0.15) is 5.26 Å². The maximum absolute atomic E-state index is 13.4. The lowest BCUT2D eigenvalue weighted by Gasteiger charge is -2.13. The van der Waals surface area contributed by atoms with Gasteiger partial charge in [0.25, 0.3) is 0 Å². The van der Waals surface area contributed by atoms with Crippen LogP contribution in [0, 0.1) is 24.1 Å². The summed E-state index contributed by atoms with van der Waals surface area (Å²) in [5.74, 6) is -0.776. The van der Waals surface area contributed by atoms with Crippen molar-refractivity contribution in [1.82, 2.24) is 5.32 Å². The van der Waals surface area contributed by atoms with Crippen LogP contribution in [0.3, 0.4) is 0 Å². The Labute approximate surface area is 99.4 Å². The highest BCUT2D eigenvalue weighted by atomic mass is 19.1. The van der Waals surface area contributed by atoms with Crippen LogP contribution in [0.2, 0.25) is 0 Å². The van der Waals surface area contributed by atoms with E-state index in [1.807, 2.05) is 6.07 Å². The van der Waals surface area contributed by atoms with Crippen LogP contribution in [0.4, 0.5) is 10.1 Å². The maximum atomic E-state index is 13.4. The number of benzene rings is 1. The number of likely N-dealkylation sites (N-methyl/N-ethyl adjacent to an activating group) is 1. The van der Waals surface area contributed by atoms with Crippen LogP contribution in [0.15, 0.2) is 12.1 Å². The van der Waals surface area contributed by atoms with Crippen LogP contribution in [0.25, 0.3) is 0 Å². The molecule has 17 heavy (non-hydrogen) atoms. The molecular formula is C12H14FN3O. The molecule has 0 saturated heterocycles. The fourth-order valence-electron chi connectivity index (χ4n) is 1.25. The van der Waals surface area contributed by atoms with Crippen molar-refractivity contribution < 1.29 is 9.18 Å². The molecule has 1 amide bonds. The zero-order valence-electron chi connectivity index (χ0n) is 9.97. The summed E-state index contributed by atoms with van der Waals surface area (Å²) in [6.45, 7) is 3.24. The van der Waals surface area contributed by atoms with E-state index in [0.717, 1.165) is 6.07 Å². The van der Waals surface area contributed by atoms with Crippen molar-refractivity contribution in [2.24, 2.45) is 0 Å². The van der Waals surface area contributed by atoms with Gasteiger partial charge < -0.3 is 10.6 Å². The Bertz CT molecular complexity index is 479. The van der Waals surface area contributed by atoms with Crippen LogP contribution in [0.5, 0.6) is 0 Å². The monoisotopic (exact) mass is 235 g/mol. The molecule has 90 valence electrons. The van der Waals surface area contributed by atoms with Gasteiger partial charge in [-0.25, -0.2) is 4.39 Å². The Morgan fingerprint density at radius 2 is 2.18 bits per heavy atom. The molecule has 1 aromatic rings. The lowest BCUT2D eigenvalue weighted by molar-refractivity contribution is -0.117. The largest absolute Gasteiger partial charge is 0.324 e. The smallest absolute Gasteiger partial charge is 0.241 e. The van der Waals surface area contributed by atoms with Crippen molar-refractivity contribution >= 4 is 11.6 Å². The number of anilines is 1. The van der Waals surface area contributed by atoms with Gasteiger partial charge in [0.15, 0.2) is 0 Å². The van der Waals surface area contributed by atoms with Crippen molar-refractivity contribution in [3.8, 4) is 6.07 Å². The molecule has 5 heteroatoms. The van der Waals surface area contributed by atoms with Gasteiger partial charge in [0, 0.05) is 11.3 Å². The van der Waals surface area contributed by atoms with Crippen LogP contribution < -0.4 is 10.6 Å². The number of halogens is 1. The molecular weight excluding hydrogens is 221 g/mol. The molecule has 0 bridgehead atoms. The van der Waals surface area contributed by atoms with E-state index in [1.165, 1.54) is 6.07 Å². The third-order valence-corrected chi connectivity index (χ3v) is 2.56. The second kappa shape index (κ2) is 5.41. The van der Waals surface area contributed by atoms with Crippen molar-refractivity contribution in [2.75, 3.05) is 12.4 Å². The van der Waals surface area contributed by atoms with E-state index in [0.29, 0.717) is 11.3 Å². The third-order valence-electron chi connectivity index (χ3n) is 2.56. The molecule has 1 unspecified atom stereocenters. The van der Waals surface area contributed by atoms with Gasteiger partial charge >= 0.3 is 0 Å². The van der Waals surface area contributed by atoms with E-state index in [4.69, 9.17) is 5.26 Å². The molecule has 0 fully saturated rings. The van der Waals surface area contributed by atoms with E-state index < -0.39 is 5.82 Å². The molecule has 2 N–H and O–H groups in total. The van der Waals surface area contributed by atoms with Crippen LogP contribution in [-0.4, -0.2) is 19.0 Å².